The van der Waals surface area contributed by atoms with E-state index in [0.717, 1.165) is 30.4 Å². The van der Waals surface area contributed by atoms with Crippen LogP contribution in [0.3, 0.4) is 0 Å². The largest absolute Gasteiger partial charge is 0.370 e. The maximum atomic E-state index is 5.69. The smallest absolute Gasteiger partial charge is 0.223 e. The Kier molecular flexibility index (Phi) is 3.22. The molecule has 0 aromatic carbocycles. The van der Waals surface area contributed by atoms with Gasteiger partial charge in [0.15, 0.2) is 0 Å². The highest BCUT2D eigenvalue weighted by Crippen LogP contribution is 2.13. The fraction of sp³-hybridized carbons (Fsp3) is 0.364. The molecule has 3 N–H and O–H groups in total. The van der Waals surface area contributed by atoms with Gasteiger partial charge in [0.05, 0.1) is 0 Å². The molecule has 2 rings (SSSR count). The van der Waals surface area contributed by atoms with Gasteiger partial charge >= 0.3 is 0 Å². The molecule has 2 aromatic rings. The number of hydrogen-bond acceptors (Lipinski definition) is 5. The van der Waals surface area contributed by atoms with Crippen LogP contribution in [-0.4, -0.2) is 26.1 Å². The van der Waals surface area contributed by atoms with Gasteiger partial charge in [-0.15, -0.1) is 0 Å². The second-order valence-electron chi connectivity index (χ2n) is 3.74. The first-order valence-corrected chi connectivity index (χ1v) is 5.59. The molecule has 0 spiro atoms. The Morgan fingerprint density at radius 3 is 2.88 bits per heavy atom. The first-order chi connectivity index (χ1) is 8.20. The maximum Gasteiger partial charge on any atom is 0.223 e. The molecule has 0 unspecified atom stereocenters. The van der Waals surface area contributed by atoms with E-state index < -0.39 is 0 Å². The van der Waals surface area contributed by atoms with Crippen LogP contribution in [0.15, 0.2) is 18.5 Å². The van der Waals surface area contributed by atoms with Crippen LogP contribution >= 0.6 is 0 Å². The van der Waals surface area contributed by atoms with Crippen LogP contribution in [0.5, 0.6) is 0 Å². The molecule has 0 amide bonds. The van der Waals surface area contributed by atoms with Crippen molar-refractivity contribution in [2.24, 2.45) is 0 Å². The zero-order chi connectivity index (χ0) is 12.3. The van der Waals surface area contributed by atoms with Gasteiger partial charge in [0, 0.05) is 25.0 Å². The van der Waals surface area contributed by atoms with Crippen LogP contribution in [0.25, 0.3) is 5.82 Å². The van der Waals surface area contributed by atoms with E-state index in [4.69, 9.17) is 5.73 Å². The highest BCUT2D eigenvalue weighted by molar-refractivity contribution is 5.46. The average molecular weight is 232 g/mol. The average Bonchev–Trinajstić information content (AvgIpc) is 2.72. The summed E-state index contributed by atoms with van der Waals surface area (Å²) in [5, 5.41) is 3.19. The second kappa shape index (κ2) is 4.82. The topological polar surface area (TPSA) is 81.7 Å². The van der Waals surface area contributed by atoms with Crippen molar-refractivity contribution in [2.75, 3.05) is 17.6 Å². The van der Waals surface area contributed by atoms with Gasteiger partial charge in [-0.1, -0.05) is 6.92 Å². The highest BCUT2D eigenvalue weighted by Gasteiger charge is 2.05. The van der Waals surface area contributed by atoms with Crippen molar-refractivity contribution in [3.05, 3.63) is 24.3 Å². The number of anilines is 2. The van der Waals surface area contributed by atoms with Crippen LogP contribution in [0.1, 0.15) is 19.2 Å². The third kappa shape index (κ3) is 2.52. The lowest BCUT2D eigenvalue weighted by Crippen LogP contribution is -2.08. The standard InChI is InChI=1S/C11H16N6/c1-3-4-14-9-7-10(16-11(12)15-9)17-6-5-13-8(17)2/h5-7H,3-4H2,1-2H3,(H3,12,14,15,16). The molecule has 0 atom stereocenters. The number of nitrogen functional groups attached to an aromatic ring is 1. The molecule has 2 aromatic heterocycles. The second-order valence-corrected chi connectivity index (χ2v) is 3.74. The summed E-state index contributed by atoms with van der Waals surface area (Å²) in [6.07, 6.45) is 4.61. The minimum absolute atomic E-state index is 0.259. The number of imidazole rings is 1. The molecular formula is C11H16N6. The van der Waals surface area contributed by atoms with Crippen LogP contribution in [0.4, 0.5) is 11.8 Å². The highest BCUT2D eigenvalue weighted by atomic mass is 15.2. The Balaban J connectivity index is 2.35. The number of nitrogens with zero attached hydrogens (tertiary/aromatic N) is 4. The summed E-state index contributed by atoms with van der Waals surface area (Å²) in [7, 11) is 0. The molecule has 17 heavy (non-hydrogen) atoms. The van der Waals surface area contributed by atoms with Gasteiger partial charge in [-0.25, -0.2) is 4.98 Å². The van der Waals surface area contributed by atoms with Crippen LogP contribution < -0.4 is 11.1 Å². The van der Waals surface area contributed by atoms with Crippen molar-refractivity contribution < 1.29 is 0 Å². The summed E-state index contributed by atoms with van der Waals surface area (Å²) in [5.74, 6) is 2.59. The van der Waals surface area contributed by atoms with E-state index in [2.05, 4.69) is 27.2 Å². The number of aromatic nitrogens is 4. The molecule has 6 heteroatoms. The quantitative estimate of drug-likeness (QED) is 0.832. The number of nitrogens with two attached hydrogens (primary N) is 1. The van der Waals surface area contributed by atoms with Crippen LogP contribution in [-0.2, 0) is 0 Å². The van der Waals surface area contributed by atoms with Crippen molar-refractivity contribution in [2.45, 2.75) is 20.3 Å². The van der Waals surface area contributed by atoms with Crippen LogP contribution in [0, 0.1) is 6.92 Å². The molecule has 6 nitrogen and oxygen atoms in total. The molecule has 0 saturated heterocycles. The van der Waals surface area contributed by atoms with Crippen molar-refractivity contribution >= 4 is 11.8 Å². The van der Waals surface area contributed by atoms with Gasteiger partial charge in [0.25, 0.3) is 0 Å². The fourth-order valence-electron chi connectivity index (χ4n) is 1.54. The molecule has 2 heterocycles. The number of rotatable bonds is 4. The summed E-state index contributed by atoms with van der Waals surface area (Å²) in [5.41, 5.74) is 5.69. The molecule has 0 aliphatic rings. The lowest BCUT2D eigenvalue weighted by atomic mass is 10.4. The van der Waals surface area contributed by atoms with Gasteiger partial charge in [-0.3, -0.25) is 4.57 Å². The summed E-state index contributed by atoms with van der Waals surface area (Å²) in [6, 6.07) is 1.86. The third-order valence-electron chi connectivity index (χ3n) is 2.36. The molecule has 0 bridgehead atoms. The Bertz CT molecular complexity index is 504. The number of nitrogens with one attached hydrogen (secondary N) is 1. The summed E-state index contributed by atoms with van der Waals surface area (Å²) in [4.78, 5) is 12.5. The first kappa shape index (κ1) is 11.4. The third-order valence-corrected chi connectivity index (χ3v) is 2.36. The van der Waals surface area contributed by atoms with Crippen molar-refractivity contribution in [1.82, 2.24) is 19.5 Å². The van der Waals surface area contributed by atoms with E-state index in [-0.39, 0.29) is 5.95 Å². The molecule has 0 saturated carbocycles. The molecule has 90 valence electrons. The molecule has 0 aliphatic carbocycles. The Hall–Kier alpha value is -2.11. The Morgan fingerprint density at radius 1 is 1.41 bits per heavy atom. The minimum atomic E-state index is 0.259. The predicted molar refractivity (Wildman–Crippen MR) is 67.1 cm³/mol. The van der Waals surface area contributed by atoms with E-state index in [1.165, 1.54) is 0 Å². The van der Waals surface area contributed by atoms with E-state index in [0.29, 0.717) is 0 Å². The van der Waals surface area contributed by atoms with E-state index >= 15 is 0 Å². The van der Waals surface area contributed by atoms with Crippen molar-refractivity contribution in [1.29, 1.82) is 0 Å². The summed E-state index contributed by atoms with van der Waals surface area (Å²) < 4.78 is 1.87. The van der Waals surface area contributed by atoms with E-state index in [9.17, 15) is 0 Å². The Labute approximate surface area is 99.9 Å². The van der Waals surface area contributed by atoms with E-state index in [1.54, 1.807) is 6.20 Å². The zero-order valence-electron chi connectivity index (χ0n) is 10.0. The number of aryl methyl sites for hydroxylation is 1. The van der Waals surface area contributed by atoms with Gasteiger partial charge in [0.1, 0.15) is 17.5 Å². The Morgan fingerprint density at radius 2 is 2.24 bits per heavy atom. The van der Waals surface area contributed by atoms with Crippen LogP contribution in [0.2, 0.25) is 0 Å². The molecule has 0 fully saturated rings. The van der Waals surface area contributed by atoms with Gasteiger partial charge in [-0.05, 0) is 13.3 Å². The number of hydrogen-bond donors (Lipinski definition) is 2. The molecule has 0 radical (unpaired) electrons. The monoisotopic (exact) mass is 232 g/mol. The van der Waals surface area contributed by atoms with Gasteiger partial charge in [0.2, 0.25) is 5.95 Å². The minimum Gasteiger partial charge on any atom is -0.370 e. The maximum absolute atomic E-state index is 5.69. The SMILES string of the molecule is CCCNc1cc(-n2ccnc2C)nc(N)n1. The lowest BCUT2D eigenvalue weighted by Gasteiger charge is -2.08. The van der Waals surface area contributed by atoms with Gasteiger partial charge in [-0.2, -0.15) is 9.97 Å². The van der Waals surface area contributed by atoms with Gasteiger partial charge < -0.3 is 11.1 Å². The summed E-state index contributed by atoms with van der Waals surface area (Å²) in [6.45, 7) is 4.87. The van der Waals surface area contributed by atoms with Crippen molar-refractivity contribution in [3.63, 3.8) is 0 Å². The molecular weight excluding hydrogens is 216 g/mol. The first-order valence-electron chi connectivity index (χ1n) is 5.59. The zero-order valence-corrected chi connectivity index (χ0v) is 10.0. The van der Waals surface area contributed by atoms with E-state index in [1.807, 2.05) is 23.8 Å². The predicted octanol–water partition coefficient (Wildman–Crippen LogP) is 1.37. The fourth-order valence-corrected chi connectivity index (χ4v) is 1.54. The van der Waals surface area contributed by atoms with Crippen molar-refractivity contribution in [3.8, 4) is 5.82 Å². The normalized spacial score (nSPS) is 10.5. The molecule has 0 aliphatic heterocycles. The summed E-state index contributed by atoms with van der Waals surface area (Å²) >= 11 is 0. The lowest BCUT2D eigenvalue weighted by molar-refractivity contribution is 0.917.